The number of nitrogens with zero attached hydrogens (tertiary/aromatic N) is 2. The predicted octanol–water partition coefficient (Wildman–Crippen LogP) is 3.01. The summed E-state index contributed by atoms with van der Waals surface area (Å²) < 4.78 is 0. The summed E-state index contributed by atoms with van der Waals surface area (Å²) in [5, 5.41) is 0. The summed E-state index contributed by atoms with van der Waals surface area (Å²) in [6, 6.07) is 12.1. The van der Waals surface area contributed by atoms with E-state index in [0.29, 0.717) is 0 Å². The van der Waals surface area contributed by atoms with Crippen LogP contribution in [0.1, 0.15) is 5.82 Å². The molecule has 2 nitrogen and oxygen atoms in total. The molecule has 0 N–H and O–H groups in total. The van der Waals surface area contributed by atoms with Gasteiger partial charge in [-0.25, -0.2) is 9.97 Å². The van der Waals surface area contributed by atoms with Crippen LogP contribution in [0.5, 0.6) is 0 Å². The van der Waals surface area contributed by atoms with Gasteiger partial charge >= 0.3 is 0 Å². The Morgan fingerprint density at radius 1 is 1.13 bits per heavy atom. The second-order valence-electron chi connectivity index (χ2n) is 3.16. The lowest BCUT2D eigenvalue weighted by molar-refractivity contribution is 1.04. The highest BCUT2D eigenvalue weighted by atomic mass is 32.2. The second-order valence-corrected chi connectivity index (χ2v) is 4.02. The highest BCUT2D eigenvalue weighted by Crippen LogP contribution is 2.16. The quantitative estimate of drug-likeness (QED) is 0.788. The lowest BCUT2D eigenvalue weighted by atomic mass is 10.1. The Morgan fingerprint density at radius 2 is 1.93 bits per heavy atom. The topological polar surface area (TPSA) is 25.8 Å². The van der Waals surface area contributed by atoms with Crippen molar-refractivity contribution in [2.45, 2.75) is 5.75 Å². The summed E-state index contributed by atoms with van der Waals surface area (Å²) in [6.07, 6.45) is 3.87. The van der Waals surface area contributed by atoms with Crippen LogP contribution in [0, 0.1) is 0 Å². The molecule has 3 heteroatoms. The van der Waals surface area contributed by atoms with E-state index in [1.54, 1.807) is 11.8 Å². The number of aromatic nitrogens is 2. The van der Waals surface area contributed by atoms with Gasteiger partial charge in [-0.1, -0.05) is 30.3 Å². The van der Waals surface area contributed by atoms with E-state index in [2.05, 4.69) is 28.4 Å². The first-order valence-corrected chi connectivity index (χ1v) is 6.16. The molecule has 0 saturated heterocycles. The Bertz CT molecular complexity index is 429. The van der Waals surface area contributed by atoms with E-state index in [0.717, 1.165) is 22.8 Å². The van der Waals surface area contributed by atoms with Gasteiger partial charge in [-0.15, -0.1) is 0 Å². The SMILES string of the molecule is CSCc1nccc(-c2ccccc2)n1. The van der Waals surface area contributed by atoms with E-state index in [-0.39, 0.29) is 0 Å². The van der Waals surface area contributed by atoms with Crippen molar-refractivity contribution in [2.24, 2.45) is 0 Å². The highest BCUT2D eigenvalue weighted by Gasteiger charge is 2.00. The maximum atomic E-state index is 4.50. The largest absolute Gasteiger partial charge is 0.240 e. The molecule has 0 aliphatic heterocycles. The molecule has 0 bridgehead atoms. The first kappa shape index (κ1) is 10.2. The number of hydrogen-bond acceptors (Lipinski definition) is 3. The fourth-order valence-corrected chi connectivity index (χ4v) is 1.76. The van der Waals surface area contributed by atoms with Crippen molar-refractivity contribution in [2.75, 3.05) is 6.26 Å². The fraction of sp³-hybridized carbons (Fsp3) is 0.167. The molecule has 0 spiro atoms. The molecule has 0 aliphatic rings. The Labute approximate surface area is 93.8 Å². The van der Waals surface area contributed by atoms with E-state index < -0.39 is 0 Å². The van der Waals surface area contributed by atoms with Gasteiger partial charge < -0.3 is 0 Å². The minimum Gasteiger partial charge on any atom is -0.240 e. The zero-order chi connectivity index (χ0) is 10.5. The Balaban J connectivity index is 2.33. The van der Waals surface area contributed by atoms with Crippen molar-refractivity contribution in [1.29, 1.82) is 0 Å². The van der Waals surface area contributed by atoms with Gasteiger partial charge in [-0.05, 0) is 12.3 Å². The van der Waals surface area contributed by atoms with Crippen molar-refractivity contribution in [3.63, 3.8) is 0 Å². The van der Waals surface area contributed by atoms with Crippen LogP contribution in [0.4, 0.5) is 0 Å². The standard InChI is InChI=1S/C12H12N2S/c1-15-9-12-13-8-7-11(14-12)10-5-3-2-4-6-10/h2-8H,9H2,1H3. The third kappa shape index (κ3) is 2.57. The highest BCUT2D eigenvalue weighted by molar-refractivity contribution is 7.97. The molecule has 0 amide bonds. The molecule has 0 unspecified atom stereocenters. The summed E-state index contributed by atoms with van der Waals surface area (Å²) in [6.45, 7) is 0. The smallest absolute Gasteiger partial charge is 0.138 e. The Morgan fingerprint density at radius 3 is 2.67 bits per heavy atom. The summed E-state index contributed by atoms with van der Waals surface area (Å²) >= 11 is 1.73. The first-order valence-electron chi connectivity index (χ1n) is 4.76. The van der Waals surface area contributed by atoms with Crippen LogP contribution in [0.3, 0.4) is 0 Å². The van der Waals surface area contributed by atoms with Gasteiger partial charge in [0.25, 0.3) is 0 Å². The van der Waals surface area contributed by atoms with E-state index in [4.69, 9.17) is 0 Å². The van der Waals surface area contributed by atoms with E-state index in [1.807, 2.05) is 30.5 Å². The van der Waals surface area contributed by atoms with Crippen molar-refractivity contribution in [1.82, 2.24) is 9.97 Å². The first-order chi connectivity index (χ1) is 7.40. The lowest BCUT2D eigenvalue weighted by Gasteiger charge is -2.02. The normalized spacial score (nSPS) is 10.2. The maximum Gasteiger partial charge on any atom is 0.138 e. The molecule has 2 rings (SSSR count). The summed E-state index contributed by atoms with van der Waals surface area (Å²) in [4.78, 5) is 8.72. The van der Waals surface area contributed by atoms with Gasteiger partial charge in [0.15, 0.2) is 0 Å². The molecular weight excluding hydrogens is 204 g/mol. The average molecular weight is 216 g/mol. The molecule has 15 heavy (non-hydrogen) atoms. The number of benzene rings is 1. The molecule has 0 aliphatic carbocycles. The molecule has 2 aromatic rings. The van der Waals surface area contributed by atoms with E-state index in [9.17, 15) is 0 Å². The fourth-order valence-electron chi connectivity index (χ4n) is 1.37. The molecule has 76 valence electrons. The zero-order valence-electron chi connectivity index (χ0n) is 8.55. The number of rotatable bonds is 3. The van der Waals surface area contributed by atoms with E-state index in [1.165, 1.54) is 0 Å². The summed E-state index contributed by atoms with van der Waals surface area (Å²) in [5.41, 5.74) is 2.14. The second kappa shape index (κ2) is 4.94. The van der Waals surface area contributed by atoms with Crippen LogP contribution < -0.4 is 0 Å². The van der Waals surface area contributed by atoms with Gasteiger partial charge in [0.05, 0.1) is 11.4 Å². The average Bonchev–Trinajstić information content (AvgIpc) is 2.31. The number of hydrogen-bond donors (Lipinski definition) is 0. The van der Waals surface area contributed by atoms with Gasteiger partial charge in [0.2, 0.25) is 0 Å². The minimum absolute atomic E-state index is 0.862. The van der Waals surface area contributed by atoms with Gasteiger partial charge in [0, 0.05) is 11.8 Å². The molecule has 0 fully saturated rings. The molecule has 0 saturated carbocycles. The van der Waals surface area contributed by atoms with Crippen molar-refractivity contribution in [3.8, 4) is 11.3 Å². The van der Waals surface area contributed by atoms with Crippen LogP contribution in [0.25, 0.3) is 11.3 Å². The van der Waals surface area contributed by atoms with Crippen molar-refractivity contribution in [3.05, 3.63) is 48.4 Å². The van der Waals surface area contributed by atoms with Crippen LogP contribution in [-0.4, -0.2) is 16.2 Å². The van der Waals surface area contributed by atoms with Gasteiger partial charge in [-0.3, -0.25) is 0 Å². The minimum atomic E-state index is 0.862. The Hall–Kier alpha value is -1.35. The van der Waals surface area contributed by atoms with Crippen LogP contribution >= 0.6 is 11.8 Å². The zero-order valence-corrected chi connectivity index (χ0v) is 9.37. The van der Waals surface area contributed by atoms with Gasteiger partial charge in [-0.2, -0.15) is 11.8 Å². The van der Waals surface area contributed by atoms with Crippen LogP contribution in [0.2, 0.25) is 0 Å². The third-order valence-electron chi connectivity index (χ3n) is 2.05. The molecule has 1 heterocycles. The van der Waals surface area contributed by atoms with Crippen LogP contribution in [-0.2, 0) is 5.75 Å². The van der Waals surface area contributed by atoms with Crippen molar-refractivity contribution >= 4 is 11.8 Å². The molecule has 0 radical (unpaired) electrons. The van der Waals surface area contributed by atoms with E-state index >= 15 is 0 Å². The van der Waals surface area contributed by atoms with Crippen molar-refractivity contribution < 1.29 is 0 Å². The third-order valence-corrected chi connectivity index (χ3v) is 2.60. The molecule has 0 atom stereocenters. The monoisotopic (exact) mass is 216 g/mol. The maximum absolute atomic E-state index is 4.50. The van der Waals surface area contributed by atoms with Crippen LogP contribution in [0.15, 0.2) is 42.6 Å². The summed E-state index contributed by atoms with van der Waals surface area (Å²) in [5.74, 6) is 1.75. The summed E-state index contributed by atoms with van der Waals surface area (Å²) in [7, 11) is 0. The number of thioether (sulfide) groups is 1. The van der Waals surface area contributed by atoms with Gasteiger partial charge in [0.1, 0.15) is 5.82 Å². The molecule has 1 aromatic carbocycles. The predicted molar refractivity (Wildman–Crippen MR) is 64.7 cm³/mol. The Kier molecular flexibility index (Phi) is 3.35. The molecule has 1 aromatic heterocycles. The molecular formula is C12H12N2S. The lowest BCUT2D eigenvalue weighted by Crippen LogP contribution is -1.93.